The highest BCUT2D eigenvalue weighted by atomic mass is 16.4. The summed E-state index contributed by atoms with van der Waals surface area (Å²) in [6, 6.07) is 9.51. The molecule has 1 amide bonds. The highest BCUT2D eigenvalue weighted by Gasteiger charge is 2.09. The topological polar surface area (TPSA) is 104 Å². The van der Waals surface area contributed by atoms with Crippen LogP contribution < -0.4 is 5.32 Å². The molecule has 0 saturated carbocycles. The molecule has 6 nitrogen and oxygen atoms in total. The van der Waals surface area contributed by atoms with Crippen LogP contribution in [0.25, 0.3) is 6.08 Å². The standard InChI is InChI=1S/C20H19NO5/c1-12-9-14(10-13(2)19(12)25)3-8-17(22)15-4-6-16(7-5-15)20(26)21-11-18(23)24/h3-10,25H,11H2,1-2H3,(H,21,26)(H,23,24). The predicted molar refractivity (Wildman–Crippen MR) is 97.4 cm³/mol. The third kappa shape index (κ3) is 4.80. The molecule has 0 atom stereocenters. The van der Waals surface area contributed by atoms with Crippen LogP contribution in [0.2, 0.25) is 0 Å². The minimum absolute atomic E-state index is 0.231. The van der Waals surface area contributed by atoms with Gasteiger partial charge >= 0.3 is 5.97 Å². The maximum atomic E-state index is 12.2. The lowest BCUT2D eigenvalue weighted by atomic mass is 10.0. The molecule has 6 heteroatoms. The highest BCUT2D eigenvalue weighted by molar-refractivity contribution is 6.07. The quantitative estimate of drug-likeness (QED) is 0.547. The average Bonchev–Trinajstić information content (AvgIpc) is 2.62. The Bertz CT molecular complexity index is 859. The van der Waals surface area contributed by atoms with E-state index < -0.39 is 18.4 Å². The van der Waals surface area contributed by atoms with Crippen LogP contribution in [0.1, 0.15) is 37.4 Å². The molecule has 0 bridgehead atoms. The van der Waals surface area contributed by atoms with E-state index in [0.29, 0.717) is 5.56 Å². The molecule has 0 saturated heterocycles. The van der Waals surface area contributed by atoms with Gasteiger partial charge in [0.25, 0.3) is 5.91 Å². The number of carboxylic acids is 1. The van der Waals surface area contributed by atoms with Gasteiger partial charge in [0.05, 0.1) is 0 Å². The van der Waals surface area contributed by atoms with Gasteiger partial charge in [-0.05, 0) is 60.9 Å². The molecule has 0 radical (unpaired) electrons. The fraction of sp³-hybridized carbons (Fsp3) is 0.150. The number of carbonyl (C=O) groups excluding carboxylic acids is 2. The molecule has 134 valence electrons. The van der Waals surface area contributed by atoms with Crippen molar-refractivity contribution < 1.29 is 24.6 Å². The zero-order chi connectivity index (χ0) is 19.3. The van der Waals surface area contributed by atoms with Gasteiger partial charge in [-0.3, -0.25) is 14.4 Å². The van der Waals surface area contributed by atoms with Crippen LogP contribution in [0.5, 0.6) is 5.75 Å². The Morgan fingerprint density at radius 2 is 1.54 bits per heavy atom. The predicted octanol–water partition coefficient (Wildman–Crippen LogP) is 2.72. The molecule has 0 aliphatic carbocycles. The van der Waals surface area contributed by atoms with Gasteiger partial charge in [-0.25, -0.2) is 0 Å². The number of aliphatic carboxylic acids is 1. The van der Waals surface area contributed by atoms with Crippen LogP contribution >= 0.6 is 0 Å². The number of hydrogen-bond acceptors (Lipinski definition) is 4. The number of aryl methyl sites for hydroxylation is 2. The Kier molecular flexibility index (Phi) is 5.90. The van der Waals surface area contributed by atoms with Gasteiger partial charge in [-0.15, -0.1) is 0 Å². The number of amides is 1. The molecule has 3 N–H and O–H groups in total. The largest absolute Gasteiger partial charge is 0.507 e. The normalized spacial score (nSPS) is 10.7. The van der Waals surface area contributed by atoms with Crippen LogP contribution in [-0.4, -0.2) is 34.4 Å². The van der Waals surface area contributed by atoms with Crippen molar-refractivity contribution in [2.75, 3.05) is 6.54 Å². The highest BCUT2D eigenvalue weighted by Crippen LogP contribution is 2.23. The third-order valence-corrected chi connectivity index (χ3v) is 3.77. The van der Waals surface area contributed by atoms with E-state index >= 15 is 0 Å². The molecule has 0 aliphatic heterocycles. The Hall–Kier alpha value is -3.41. The zero-order valence-electron chi connectivity index (χ0n) is 14.4. The van der Waals surface area contributed by atoms with E-state index in [2.05, 4.69) is 5.32 Å². The van der Waals surface area contributed by atoms with Gasteiger partial charge in [-0.1, -0.05) is 18.2 Å². The number of phenols is 1. The molecule has 0 aliphatic rings. The first kappa shape index (κ1) is 18.9. The zero-order valence-corrected chi connectivity index (χ0v) is 14.4. The fourth-order valence-corrected chi connectivity index (χ4v) is 2.40. The lowest BCUT2D eigenvalue weighted by molar-refractivity contribution is -0.135. The monoisotopic (exact) mass is 353 g/mol. The Balaban J connectivity index is 2.08. The Labute approximate surface area is 150 Å². The van der Waals surface area contributed by atoms with Crippen LogP contribution in [0.4, 0.5) is 0 Å². The first-order chi connectivity index (χ1) is 12.3. The second-order valence-electron chi connectivity index (χ2n) is 5.85. The number of carboxylic acid groups (broad SMARTS) is 1. The van der Waals surface area contributed by atoms with E-state index in [9.17, 15) is 19.5 Å². The number of benzene rings is 2. The number of hydrogen-bond donors (Lipinski definition) is 3. The number of carbonyl (C=O) groups is 3. The molecule has 2 aromatic rings. The van der Waals surface area contributed by atoms with Gasteiger partial charge in [0.1, 0.15) is 12.3 Å². The van der Waals surface area contributed by atoms with E-state index in [0.717, 1.165) is 16.7 Å². The van der Waals surface area contributed by atoms with Gasteiger partial charge in [0, 0.05) is 11.1 Å². The SMILES string of the molecule is Cc1cc(C=CC(=O)c2ccc(C(=O)NCC(=O)O)cc2)cc(C)c1O. The minimum Gasteiger partial charge on any atom is -0.507 e. The van der Waals surface area contributed by atoms with Gasteiger partial charge < -0.3 is 15.5 Å². The molecule has 2 aromatic carbocycles. The molecule has 0 fully saturated rings. The van der Waals surface area contributed by atoms with E-state index in [1.165, 1.54) is 30.3 Å². The summed E-state index contributed by atoms with van der Waals surface area (Å²) in [4.78, 5) is 34.4. The van der Waals surface area contributed by atoms with Crippen molar-refractivity contribution in [1.29, 1.82) is 0 Å². The number of rotatable bonds is 6. The molecular weight excluding hydrogens is 334 g/mol. The van der Waals surface area contributed by atoms with Gasteiger partial charge in [0.15, 0.2) is 5.78 Å². The number of ketones is 1. The van der Waals surface area contributed by atoms with Crippen molar-refractivity contribution in [3.63, 3.8) is 0 Å². The number of nitrogens with one attached hydrogen (secondary N) is 1. The van der Waals surface area contributed by atoms with Crippen molar-refractivity contribution in [1.82, 2.24) is 5.32 Å². The van der Waals surface area contributed by atoms with Crippen LogP contribution in [0, 0.1) is 13.8 Å². The summed E-state index contributed by atoms with van der Waals surface area (Å²) in [5.74, 6) is -1.64. The van der Waals surface area contributed by atoms with E-state index in [4.69, 9.17) is 5.11 Å². The van der Waals surface area contributed by atoms with Gasteiger partial charge in [-0.2, -0.15) is 0 Å². The van der Waals surface area contributed by atoms with Crippen molar-refractivity contribution >= 4 is 23.7 Å². The summed E-state index contributed by atoms with van der Waals surface area (Å²) in [6.45, 7) is 3.11. The molecule has 0 heterocycles. The number of aromatic hydroxyl groups is 1. The molecular formula is C20H19NO5. The summed E-state index contributed by atoms with van der Waals surface area (Å²) < 4.78 is 0. The van der Waals surface area contributed by atoms with E-state index in [1.807, 2.05) is 0 Å². The van der Waals surface area contributed by atoms with Crippen LogP contribution in [0.3, 0.4) is 0 Å². The summed E-state index contributed by atoms with van der Waals surface area (Å²) in [5.41, 5.74) is 2.94. The number of allylic oxidation sites excluding steroid dienone is 1. The van der Waals surface area contributed by atoms with E-state index in [1.54, 1.807) is 32.1 Å². The summed E-state index contributed by atoms with van der Waals surface area (Å²) in [7, 11) is 0. The number of phenolic OH excluding ortho intramolecular Hbond substituents is 1. The first-order valence-corrected chi connectivity index (χ1v) is 7.90. The molecule has 0 spiro atoms. The van der Waals surface area contributed by atoms with Crippen molar-refractivity contribution in [2.45, 2.75) is 13.8 Å². The second kappa shape index (κ2) is 8.11. The Morgan fingerprint density at radius 1 is 1.00 bits per heavy atom. The lowest BCUT2D eigenvalue weighted by Gasteiger charge is -2.05. The average molecular weight is 353 g/mol. The summed E-state index contributed by atoms with van der Waals surface area (Å²) in [6.07, 6.45) is 3.08. The smallest absolute Gasteiger partial charge is 0.322 e. The van der Waals surface area contributed by atoms with Crippen LogP contribution in [0.15, 0.2) is 42.5 Å². The van der Waals surface area contributed by atoms with E-state index in [-0.39, 0.29) is 17.1 Å². The lowest BCUT2D eigenvalue weighted by Crippen LogP contribution is -2.29. The maximum Gasteiger partial charge on any atom is 0.322 e. The Morgan fingerprint density at radius 3 is 2.08 bits per heavy atom. The van der Waals surface area contributed by atoms with Crippen molar-refractivity contribution in [2.24, 2.45) is 0 Å². The van der Waals surface area contributed by atoms with Crippen molar-refractivity contribution in [3.8, 4) is 5.75 Å². The molecule has 0 unspecified atom stereocenters. The third-order valence-electron chi connectivity index (χ3n) is 3.77. The summed E-state index contributed by atoms with van der Waals surface area (Å²) >= 11 is 0. The van der Waals surface area contributed by atoms with Gasteiger partial charge in [0.2, 0.25) is 0 Å². The maximum absolute atomic E-state index is 12.2. The second-order valence-corrected chi connectivity index (χ2v) is 5.85. The summed E-state index contributed by atoms with van der Waals surface area (Å²) in [5, 5.41) is 20.6. The first-order valence-electron chi connectivity index (χ1n) is 7.90. The molecule has 26 heavy (non-hydrogen) atoms. The molecule has 2 rings (SSSR count). The van der Waals surface area contributed by atoms with Crippen molar-refractivity contribution in [3.05, 3.63) is 70.3 Å². The van der Waals surface area contributed by atoms with Crippen LogP contribution in [-0.2, 0) is 4.79 Å². The fourth-order valence-electron chi connectivity index (χ4n) is 2.40. The minimum atomic E-state index is -1.13. The molecule has 0 aromatic heterocycles.